The minimum atomic E-state index is -6.05. The summed E-state index contributed by atoms with van der Waals surface area (Å²) in [5.74, 6) is -42.0. The molecule has 0 bridgehead atoms. The van der Waals surface area contributed by atoms with Crippen LogP contribution in [0.15, 0.2) is 0 Å². The summed E-state index contributed by atoms with van der Waals surface area (Å²) in [5, 5.41) is 5.17. The van der Waals surface area contributed by atoms with Crippen molar-refractivity contribution in [3.63, 3.8) is 0 Å². The van der Waals surface area contributed by atoms with Gasteiger partial charge in [-0.2, -0.15) is 44.6 Å². The number of rotatable bonds is 3. The first-order chi connectivity index (χ1) is 30.3. The molecule has 8 aromatic rings. The molecule has 8 nitrogen and oxygen atoms in total. The molecule has 69 heavy (non-hydrogen) atoms. The molecule has 8 rings (SSSR count). The summed E-state index contributed by atoms with van der Waals surface area (Å²) in [6.07, 6.45) is -17.2. The van der Waals surface area contributed by atoms with Gasteiger partial charge < -0.3 is 13.8 Å². The zero-order valence-corrected chi connectivity index (χ0v) is 31.2. The molecule has 367 valence electrons. The van der Waals surface area contributed by atoms with E-state index in [-0.39, 0.29) is 33.7 Å². The number of halogens is 25. The first kappa shape index (κ1) is 55.3. The third-order valence-corrected chi connectivity index (χ3v) is 9.17. The van der Waals surface area contributed by atoms with Gasteiger partial charge in [-0.15, -0.1) is 0 Å². The summed E-state index contributed by atoms with van der Waals surface area (Å²) in [7, 11) is -3.58. The van der Waals surface area contributed by atoms with E-state index in [0.717, 1.165) is 0 Å². The fourth-order valence-electron chi connectivity index (χ4n) is 6.48. The smallest absolute Gasteiger partial charge is 0.416 e. The van der Waals surface area contributed by atoms with E-state index >= 15 is 13.2 Å². The summed E-state index contributed by atoms with van der Waals surface area (Å²) in [4.78, 5) is 0. The van der Waals surface area contributed by atoms with Gasteiger partial charge in [-0.3, -0.25) is 5.10 Å². The van der Waals surface area contributed by atoms with Crippen molar-refractivity contribution in [2.24, 2.45) is 0 Å². The summed E-state index contributed by atoms with van der Waals surface area (Å²) in [6, 6.07) is 0. The van der Waals surface area contributed by atoms with Gasteiger partial charge in [-0.25, -0.2) is 85.5 Å². The molecular weight excluding hydrogens is 1010 g/mol. The summed E-state index contributed by atoms with van der Waals surface area (Å²) < 4.78 is 347. The zero-order chi connectivity index (χ0) is 49.5. The van der Waals surface area contributed by atoms with Crippen LogP contribution in [0.1, 0.15) is 37.6 Å². The average molecular weight is 1030 g/mol. The van der Waals surface area contributed by atoms with Gasteiger partial charge in [-0.1, -0.05) is 14.9 Å². The number of hydrogen-bond donors (Lipinski definition) is 1. The van der Waals surface area contributed by atoms with Crippen LogP contribution >= 0.6 is 0 Å². The molecule has 0 saturated carbocycles. The molecule has 4 aromatic heterocycles. The topological polar surface area (TPSA) is 82.1 Å². The van der Waals surface area contributed by atoms with E-state index in [1.54, 1.807) is 0 Å². The van der Waals surface area contributed by atoms with Gasteiger partial charge >= 0.3 is 37.4 Å². The van der Waals surface area contributed by atoms with Gasteiger partial charge in [0, 0.05) is 0 Å². The Balaban J connectivity index is 0.000000439. The SMILES string of the molecule is C.C.Cc1nn([B-](n2nc(C(F)(F)F)c3c(F)c(F)c(F)c(F)c32)n2nc(C(F)(F)F)c3c(F)c(F)c(F)c(F)c32)c2c(F)c(F)c(F)c(F)c12.Fc1c(F)c(F)c2c(C(F)(F)F)[nH]nc2c1F.[Li+]. The molecule has 1 radical (unpaired) electrons. The molecular formula is C34H12BF25LiN8. The number of aromatic amines is 1. The Morgan fingerprint density at radius 1 is 0.377 bits per heavy atom. The van der Waals surface area contributed by atoms with E-state index < -0.39 is 199 Å². The maximum Gasteiger partial charge on any atom is 1.00 e. The van der Waals surface area contributed by atoms with Gasteiger partial charge in [0.1, 0.15) is 5.52 Å². The number of nitrogens with one attached hydrogen (secondary N) is 1. The Morgan fingerprint density at radius 3 is 1.01 bits per heavy atom. The molecule has 0 atom stereocenters. The number of aryl methyl sites for hydroxylation is 1. The Morgan fingerprint density at radius 2 is 0.667 bits per heavy atom. The van der Waals surface area contributed by atoms with Crippen LogP contribution in [-0.2, 0) is 18.5 Å². The first-order valence-corrected chi connectivity index (χ1v) is 16.4. The molecule has 0 fully saturated rings. The van der Waals surface area contributed by atoms with Crippen molar-refractivity contribution in [3.05, 3.63) is 116 Å². The predicted molar refractivity (Wildman–Crippen MR) is 180 cm³/mol. The third-order valence-electron chi connectivity index (χ3n) is 9.17. The van der Waals surface area contributed by atoms with Crippen molar-refractivity contribution in [2.75, 3.05) is 0 Å². The monoisotopic (exact) mass is 1030 g/mol. The Labute approximate surface area is 374 Å². The molecule has 0 amide bonds. The number of benzene rings is 4. The molecule has 35 heteroatoms. The number of aromatic nitrogens is 8. The van der Waals surface area contributed by atoms with Crippen molar-refractivity contribution >= 4 is 50.7 Å². The largest absolute Gasteiger partial charge is 1.00 e. The molecule has 4 heterocycles. The summed E-state index contributed by atoms with van der Waals surface area (Å²) >= 11 is 0. The van der Waals surface area contributed by atoms with E-state index in [1.807, 2.05) is 0 Å². The summed E-state index contributed by atoms with van der Waals surface area (Å²) in [5.41, 5.74) is -15.9. The van der Waals surface area contributed by atoms with Crippen molar-refractivity contribution in [1.29, 1.82) is 0 Å². The Hall–Kier alpha value is -6.33. The van der Waals surface area contributed by atoms with Gasteiger partial charge in [0.05, 0.1) is 43.8 Å². The maximum atomic E-state index is 15.3. The molecule has 0 aliphatic carbocycles. The van der Waals surface area contributed by atoms with Gasteiger partial charge in [0.2, 0.25) is 0 Å². The van der Waals surface area contributed by atoms with E-state index in [4.69, 9.17) is 0 Å². The molecule has 0 saturated heterocycles. The van der Waals surface area contributed by atoms with Crippen molar-refractivity contribution in [1.82, 2.24) is 39.3 Å². The zero-order valence-electron chi connectivity index (χ0n) is 31.2. The second-order valence-corrected chi connectivity index (χ2v) is 13.0. The van der Waals surface area contributed by atoms with Crippen LogP contribution < -0.4 is 18.9 Å². The molecule has 0 unspecified atom stereocenters. The molecule has 0 aliphatic heterocycles. The second-order valence-electron chi connectivity index (χ2n) is 13.0. The van der Waals surface area contributed by atoms with Crippen LogP contribution in [0.5, 0.6) is 0 Å². The average Bonchev–Trinajstić information content (AvgIpc) is 4.03. The van der Waals surface area contributed by atoms with E-state index in [9.17, 15) is 96.6 Å². The summed E-state index contributed by atoms with van der Waals surface area (Å²) in [6.45, 7) is 0.616. The molecule has 1 N–H and O–H groups in total. The van der Waals surface area contributed by atoms with Crippen LogP contribution in [0, 0.1) is 100.0 Å². The van der Waals surface area contributed by atoms with E-state index in [2.05, 4.69) is 20.4 Å². The Kier molecular flexibility index (Phi) is 14.3. The predicted octanol–water partition coefficient (Wildman–Crippen LogP) is 9.09. The fourth-order valence-corrected chi connectivity index (χ4v) is 6.48. The number of nitrogens with zero attached hydrogens (tertiary/aromatic N) is 7. The van der Waals surface area contributed by atoms with Crippen LogP contribution in [0.4, 0.5) is 110 Å². The Bertz CT molecular complexity index is 3270. The van der Waals surface area contributed by atoms with Crippen molar-refractivity contribution < 1.29 is 129 Å². The fraction of sp³-hybridized carbons (Fsp3) is 0.176. The standard InChI is InChI=1S/C24H3BF18N6.C8HF7N2.2CH4.Li/c1-2-3-6(26)9(29)12(32)15(35)18(3)47(44-2)25(48-19-4(21(45-48)23(38,39)40)7(27)10(30)13(33)16(19)36)49-20-5(22(46-49)24(41,42)43)8(28)11(31)14(34)17(20)37;9-2-1-6(5(12)4(11)3(2)10)16-17-7(1)8(13,14)15;;;/h1H3;(H,16,17);2*1H4;/q-1;;;;+1. The van der Waals surface area contributed by atoms with Crippen LogP contribution in [0.2, 0.25) is 0 Å². The van der Waals surface area contributed by atoms with E-state index in [0.29, 0.717) is 6.92 Å². The minimum absolute atomic E-state index is 0. The second kappa shape index (κ2) is 17.9. The van der Waals surface area contributed by atoms with Gasteiger partial charge in [-0.05, 0) is 6.92 Å². The quantitative estimate of drug-likeness (QED) is 0.0830. The normalized spacial score (nSPS) is 12.3. The van der Waals surface area contributed by atoms with Crippen LogP contribution in [-0.4, -0.2) is 46.4 Å². The first-order valence-electron chi connectivity index (χ1n) is 16.4. The van der Waals surface area contributed by atoms with Crippen LogP contribution in [0.3, 0.4) is 0 Å². The number of hydrogen-bond acceptors (Lipinski definition) is 4. The van der Waals surface area contributed by atoms with Crippen LogP contribution in [0.25, 0.3) is 43.6 Å². The number of H-pyrrole nitrogens is 1. The minimum Gasteiger partial charge on any atom is -0.416 e. The molecule has 0 aliphatic rings. The third kappa shape index (κ3) is 8.10. The van der Waals surface area contributed by atoms with Gasteiger partial charge in [0.25, 0.3) is 7.12 Å². The maximum absolute atomic E-state index is 15.3. The molecule has 4 aromatic carbocycles. The molecule has 0 spiro atoms. The van der Waals surface area contributed by atoms with E-state index in [1.165, 1.54) is 5.10 Å². The van der Waals surface area contributed by atoms with Gasteiger partial charge in [0.15, 0.2) is 110 Å². The van der Waals surface area contributed by atoms with Crippen molar-refractivity contribution in [3.8, 4) is 0 Å². The number of fused-ring (bicyclic) bond motifs is 4. The number of alkyl halides is 9. The van der Waals surface area contributed by atoms with Crippen molar-refractivity contribution in [2.45, 2.75) is 40.3 Å².